The quantitative estimate of drug-likeness (QED) is 0.389. The molecule has 0 N–H and O–H groups in total. The van der Waals surface area contributed by atoms with Gasteiger partial charge in [0.25, 0.3) is 0 Å². The van der Waals surface area contributed by atoms with Gasteiger partial charge < -0.3 is 22.0 Å². The lowest BCUT2D eigenvalue weighted by atomic mass is 10.3. The van der Waals surface area contributed by atoms with Gasteiger partial charge in [-0.2, -0.15) is 0 Å². The van der Waals surface area contributed by atoms with Crippen molar-refractivity contribution in [3.63, 3.8) is 0 Å². The zero-order valence-electron chi connectivity index (χ0n) is 8.47. The summed E-state index contributed by atoms with van der Waals surface area (Å²) >= 11 is 0. The second kappa shape index (κ2) is 5.72. The molecule has 1 heterocycles. The summed E-state index contributed by atoms with van der Waals surface area (Å²) in [4.78, 5) is 10.9. The minimum atomic E-state index is -6.00. The monoisotopic (exact) mass is 229 g/mol. The fraction of sp³-hybridized carbons (Fsp3) is 0.714. The second-order valence-electron chi connectivity index (χ2n) is 2.77. The Labute approximate surface area is 84.8 Å². The SMILES string of the molecule is CCOC1=[N+](C)C(=O)CC1.F[B-](F)(F)F. The first-order valence-electron chi connectivity index (χ1n) is 4.38. The highest BCUT2D eigenvalue weighted by atomic mass is 19.5. The van der Waals surface area contributed by atoms with E-state index >= 15 is 0 Å². The number of ether oxygens (including phenoxy) is 1. The van der Waals surface area contributed by atoms with Gasteiger partial charge in [-0.3, -0.25) is 0 Å². The van der Waals surface area contributed by atoms with Crippen LogP contribution < -0.4 is 0 Å². The van der Waals surface area contributed by atoms with Crippen LogP contribution in [-0.2, 0) is 9.53 Å². The third kappa shape index (κ3) is 6.93. The highest BCUT2D eigenvalue weighted by Gasteiger charge is 2.29. The third-order valence-electron chi connectivity index (χ3n) is 1.61. The molecule has 0 atom stereocenters. The van der Waals surface area contributed by atoms with E-state index in [-0.39, 0.29) is 5.91 Å². The summed E-state index contributed by atoms with van der Waals surface area (Å²) in [5, 5.41) is 0. The number of rotatable bonds is 1. The molecule has 0 unspecified atom stereocenters. The van der Waals surface area contributed by atoms with Crippen molar-refractivity contribution >= 4 is 19.1 Å². The van der Waals surface area contributed by atoms with Crippen molar-refractivity contribution in [2.24, 2.45) is 0 Å². The molecule has 88 valence electrons. The van der Waals surface area contributed by atoms with Crippen molar-refractivity contribution in [2.75, 3.05) is 13.7 Å². The lowest BCUT2D eigenvalue weighted by Gasteiger charge is -1.94. The molecule has 0 saturated carbocycles. The maximum absolute atomic E-state index is 10.9. The normalized spacial score (nSPS) is 16.3. The van der Waals surface area contributed by atoms with Crippen molar-refractivity contribution < 1.29 is 31.4 Å². The topological polar surface area (TPSA) is 29.3 Å². The Morgan fingerprint density at radius 2 is 1.80 bits per heavy atom. The zero-order valence-corrected chi connectivity index (χ0v) is 8.47. The fourth-order valence-electron chi connectivity index (χ4n) is 1.02. The average Bonchev–Trinajstić information content (AvgIpc) is 2.34. The molecule has 1 aliphatic rings. The van der Waals surface area contributed by atoms with Gasteiger partial charge in [0.1, 0.15) is 7.05 Å². The zero-order chi connectivity index (χ0) is 12.1. The largest absolute Gasteiger partial charge is 0.673 e. The van der Waals surface area contributed by atoms with Crippen molar-refractivity contribution in [2.45, 2.75) is 19.8 Å². The fourth-order valence-corrected chi connectivity index (χ4v) is 1.02. The van der Waals surface area contributed by atoms with Gasteiger partial charge in [0.2, 0.25) is 0 Å². The highest BCUT2D eigenvalue weighted by molar-refractivity contribution is 6.50. The first kappa shape index (κ1) is 13.9. The molecule has 3 nitrogen and oxygen atoms in total. The van der Waals surface area contributed by atoms with Gasteiger partial charge in [0.15, 0.2) is 0 Å². The van der Waals surface area contributed by atoms with Crippen LogP contribution in [0.4, 0.5) is 17.3 Å². The van der Waals surface area contributed by atoms with Crippen LogP contribution in [0.15, 0.2) is 0 Å². The lowest BCUT2D eigenvalue weighted by molar-refractivity contribution is -0.421. The molecule has 0 bridgehead atoms. The predicted octanol–water partition coefficient (Wildman–Crippen LogP) is 1.68. The highest BCUT2D eigenvalue weighted by Crippen LogP contribution is 2.06. The molecular formula is C7H12BF4NO2. The summed E-state index contributed by atoms with van der Waals surface area (Å²) in [6.07, 6.45) is 1.37. The molecule has 1 aliphatic heterocycles. The van der Waals surface area contributed by atoms with Crippen molar-refractivity contribution in [1.29, 1.82) is 0 Å². The molecule has 8 heteroatoms. The van der Waals surface area contributed by atoms with Crippen LogP contribution in [0.5, 0.6) is 0 Å². The molecule has 15 heavy (non-hydrogen) atoms. The number of carbonyl (C=O) groups excluding carboxylic acids is 1. The van der Waals surface area contributed by atoms with Crippen LogP contribution in [0, 0.1) is 0 Å². The molecule has 0 aromatic heterocycles. The number of carbonyl (C=O) groups is 1. The van der Waals surface area contributed by atoms with E-state index in [9.17, 15) is 22.1 Å². The van der Waals surface area contributed by atoms with Crippen molar-refractivity contribution in [3.05, 3.63) is 0 Å². The van der Waals surface area contributed by atoms with Gasteiger partial charge in [-0.1, -0.05) is 0 Å². The number of amides is 1. The van der Waals surface area contributed by atoms with Crippen LogP contribution in [0.1, 0.15) is 19.8 Å². The van der Waals surface area contributed by atoms with Crippen LogP contribution >= 0.6 is 0 Å². The van der Waals surface area contributed by atoms with E-state index in [4.69, 9.17) is 4.74 Å². The Kier molecular flexibility index (Phi) is 5.31. The smallest absolute Gasteiger partial charge is 0.448 e. The first-order chi connectivity index (χ1) is 6.75. The number of halogens is 4. The maximum Gasteiger partial charge on any atom is 0.673 e. The van der Waals surface area contributed by atoms with Crippen LogP contribution in [0.3, 0.4) is 0 Å². The molecule has 1 rings (SSSR count). The molecule has 0 fully saturated rings. The average molecular weight is 229 g/mol. The van der Waals surface area contributed by atoms with Crippen molar-refractivity contribution in [1.82, 2.24) is 0 Å². The molecule has 0 aromatic carbocycles. The summed E-state index contributed by atoms with van der Waals surface area (Å²) in [5.41, 5.74) is 0. The molecule has 0 aromatic rings. The second-order valence-corrected chi connectivity index (χ2v) is 2.77. The Hall–Kier alpha value is -1.08. The van der Waals surface area contributed by atoms with Gasteiger partial charge in [0, 0.05) is 0 Å². The summed E-state index contributed by atoms with van der Waals surface area (Å²) < 4.78 is 45.8. The van der Waals surface area contributed by atoms with E-state index in [1.807, 2.05) is 6.92 Å². The molecule has 0 spiro atoms. The Morgan fingerprint density at radius 3 is 2.07 bits per heavy atom. The number of hydrogen-bond acceptors (Lipinski definition) is 2. The summed E-state index contributed by atoms with van der Waals surface area (Å²) in [6.45, 7) is 2.57. The van der Waals surface area contributed by atoms with Gasteiger partial charge in [-0.25, -0.2) is 4.79 Å². The van der Waals surface area contributed by atoms with Crippen LogP contribution in [0.25, 0.3) is 0 Å². The van der Waals surface area contributed by atoms with E-state index in [0.717, 1.165) is 12.3 Å². The Balaban J connectivity index is 0.000000336. The Morgan fingerprint density at radius 1 is 1.33 bits per heavy atom. The Bertz CT molecular complexity index is 258. The van der Waals surface area contributed by atoms with Gasteiger partial charge in [-0.05, 0) is 6.92 Å². The van der Waals surface area contributed by atoms with E-state index in [2.05, 4.69) is 0 Å². The molecular weight excluding hydrogens is 217 g/mol. The summed E-state index contributed by atoms with van der Waals surface area (Å²) in [7, 11) is -4.25. The minimum Gasteiger partial charge on any atom is -0.448 e. The molecule has 0 aliphatic carbocycles. The lowest BCUT2D eigenvalue weighted by Crippen LogP contribution is -2.16. The van der Waals surface area contributed by atoms with E-state index < -0.39 is 7.25 Å². The van der Waals surface area contributed by atoms with Crippen LogP contribution in [0.2, 0.25) is 0 Å². The van der Waals surface area contributed by atoms with Crippen LogP contribution in [-0.4, -0.2) is 37.3 Å². The molecule has 0 radical (unpaired) electrons. The predicted molar refractivity (Wildman–Crippen MR) is 47.2 cm³/mol. The van der Waals surface area contributed by atoms with Crippen molar-refractivity contribution in [3.8, 4) is 0 Å². The van der Waals surface area contributed by atoms with E-state index in [1.54, 1.807) is 11.6 Å². The maximum atomic E-state index is 10.9. The number of hydrogen-bond donors (Lipinski definition) is 0. The minimum absolute atomic E-state index is 0.156. The standard InChI is InChI=1S/C7H12NO2.BF4/c1-3-10-7-5-4-6(9)8(7)2;2-1(3,4)5/h3-5H2,1-2H3;/q+1;-1. The van der Waals surface area contributed by atoms with E-state index in [0.29, 0.717) is 13.0 Å². The molecule has 1 amide bonds. The van der Waals surface area contributed by atoms with Gasteiger partial charge >= 0.3 is 19.1 Å². The molecule has 0 saturated heterocycles. The van der Waals surface area contributed by atoms with Gasteiger partial charge in [-0.15, -0.1) is 4.58 Å². The van der Waals surface area contributed by atoms with E-state index in [1.165, 1.54) is 0 Å². The summed E-state index contributed by atoms with van der Waals surface area (Å²) in [5.74, 6) is 0.968. The first-order valence-corrected chi connectivity index (χ1v) is 4.38. The van der Waals surface area contributed by atoms with Gasteiger partial charge in [0.05, 0.1) is 19.4 Å². The third-order valence-corrected chi connectivity index (χ3v) is 1.61. The number of nitrogens with zero attached hydrogens (tertiary/aromatic N) is 1. The summed E-state index contributed by atoms with van der Waals surface area (Å²) in [6, 6.07) is 0.